The van der Waals surface area contributed by atoms with Gasteiger partial charge in [0, 0.05) is 13.7 Å². The molecule has 0 unspecified atom stereocenters. The Kier molecular flexibility index (Phi) is 9.35. The number of hydrogen-bond donors (Lipinski definition) is 1. The highest BCUT2D eigenvalue weighted by atomic mass is 16.5. The number of hydrogen-bond acceptors (Lipinski definition) is 3. The maximum atomic E-state index is 5.23. The van der Waals surface area contributed by atoms with Gasteiger partial charge in [-0.3, -0.25) is 0 Å². The molecule has 1 fully saturated rings. The Labute approximate surface area is 88.6 Å². The van der Waals surface area contributed by atoms with Crippen molar-refractivity contribution in [3.05, 3.63) is 0 Å². The summed E-state index contributed by atoms with van der Waals surface area (Å²) in [5.74, 6) is 0.773. The highest BCUT2D eigenvalue weighted by Gasteiger charge is 2.11. The molecule has 0 aromatic carbocycles. The average molecular weight is 202 g/mol. The van der Waals surface area contributed by atoms with Crippen molar-refractivity contribution in [3.63, 3.8) is 0 Å². The fourth-order valence-corrected chi connectivity index (χ4v) is 1.16. The fraction of sp³-hybridized carbons (Fsp3) is 1.00. The van der Waals surface area contributed by atoms with Crippen LogP contribution in [0.1, 0.15) is 26.7 Å². The second kappa shape index (κ2) is 9.44. The zero-order valence-electron chi connectivity index (χ0n) is 9.96. The molecular weight excluding hydrogens is 176 g/mol. The van der Waals surface area contributed by atoms with Crippen LogP contribution in [0.25, 0.3) is 0 Å². The number of nitrogens with two attached hydrogens (primary N) is 1. The van der Waals surface area contributed by atoms with Gasteiger partial charge in [-0.2, -0.15) is 0 Å². The highest BCUT2D eigenvalue weighted by Crippen LogP contribution is 2.03. The Balaban J connectivity index is 0.000000255. The Hall–Kier alpha value is -0.120. The number of likely N-dealkylation sites (tertiary alicyclic amines) is 1. The SMILES string of the molecule is CC(C)CCN.COCCN1CCC1. The topological polar surface area (TPSA) is 38.5 Å². The minimum Gasteiger partial charge on any atom is -0.383 e. The summed E-state index contributed by atoms with van der Waals surface area (Å²) >= 11 is 0. The second-order valence-electron chi connectivity index (χ2n) is 4.16. The lowest BCUT2D eigenvalue weighted by Gasteiger charge is -2.29. The van der Waals surface area contributed by atoms with E-state index in [9.17, 15) is 0 Å². The van der Waals surface area contributed by atoms with Crippen molar-refractivity contribution in [2.24, 2.45) is 11.7 Å². The Morgan fingerprint density at radius 3 is 2.21 bits per heavy atom. The summed E-state index contributed by atoms with van der Waals surface area (Å²) in [6, 6.07) is 0. The standard InChI is InChI=1S/C6H13NO.C5H13N/c1-8-6-5-7-3-2-4-7;1-5(2)3-4-6/h2-6H2,1H3;5H,3-4,6H2,1-2H3. The van der Waals surface area contributed by atoms with Crippen molar-refractivity contribution in [2.75, 3.05) is 39.9 Å². The van der Waals surface area contributed by atoms with Crippen molar-refractivity contribution in [2.45, 2.75) is 26.7 Å². The lowest BCUT2D eigenvalue weighted by molar-refractivity contribution is 0.111. The molecule has 1 rings (SSSR count). The van der Waals surface area contributed by atoms with Gasteiger partial charge in [0.25, 0.3) is 0 Å². The van der Waals surface area contributed by atoms with E-state index in [1.54, 1.807) is 7.11 Å². The molecule has 0 aliphatic carbocycles. The molecule has 1 heterocycles. The summed E-state index contributed by atoms with van der Waals surface area (Å²) in [5.41, 5.74) is 5.23. The number of rotatable bonds is 5. The largest absolute Gasteiger partial charge is 0.383 e. The molecule has 0 aromatic rings. The molecular formula is C11H26N2O. The van der Waals surface area contributed by atoms with E-state index in [1.165, 1.54) is 19.5 Å². The lowest BCUT2D eigenvalue weighted by atomic mass is 10.1. The zero-order valence-corrected chi connectivity index (χ0v) is 9.96. The quantitative estimate of drug-likeness (QED) is 0.731. The average Bonchev–Trinajstić information content (AvgIpc) is 2.02. The van der Waals surface area contributed by atoms with Gasteiger partial charge < -0.3 is 15.4 Å². The smallest absolute Gasteiger partial charge is 0.0589 e. The van der Waals surface area contributed by atoms with Gasteiger partial charge in [0.15, 0.2) is 0 Å². The molecule has 1 aliphatic rings. The van der Waals surface area contributed by atoms with Crippen molar-refractivity contribution in [1.29, 1.82) is 0 Å². The van der Waals surface area contributed by atoms with Crippen LogP contribution in [0.15, 0.2) is 0 Å². The van der Waals surface area contributed by atoms with Gasteiger partial charge in [0.2, 0.25) is 0 Å². The third-order valence-electron chi connectivity index (χ3n) is 2.30. The highest BCUT2D eigenvalue weighted by molar-refractivity contribution is 4.66. The molecule has 3 heteroatoms. The van der Waals surface area contributed by atoms with Crippen molar-refractivity contribution < 1.29 is 4.74 Å². The molecule has 0 amide bonds. The van der Waals surface area contributed by atoms with Crippen LogP contribution in [-0.4, -0.2) is 44.8 Å². The van der Waals surface area contributed by atoms with E-state index in [0.29, 0.717) is 0 Å². The molecule has 0 spiro atoms. The minimum absolute atomic E-state index is 0.773. The molecule has 0 radical (unpaired) electrons. The van der Waals surface area contributed by atoms with E-state index in [1.807, 2.05) is 0 Å². The van der Waals surface area contributed by atoms with Gasteiger partial charge in [-0.1, -0.05) is 13.8 Å². The van der Waals surface area contributed by atoms with Gasteiger partial charge in [-0.25, -0.2) is 0 Å². The van der Waals surface area contributed by atoms with E-state index < -0.39 is 0 Å². The second-order valence-corrected chi connectivity index (χ2v) is 4.16. The minimum atomic E-state index is 0.773. The third kappa shape index (κ3) is 8.48. The lowest BCUT2D eigenvalue weighted by Crippen LogP contribution is -2.39. The van der Waals surface area contributed by atoms with Crippen molar-refractivity contribution in [3.8, 4) is 0 Å². The van der Waals surface area contributed by atoms with Gasteiger partial charge in [0.05, 0.1) is 6.61 Å². The monoisotopic (exact) mass is 202 g/mol. The Morgan fingerprint density at radius 2 is 2.00 bits per heavy atom. The van der Waals surface area contributed by atoms with E-state index in [-0.39, 0.29) is 0 Å². The summed E-state index contributed by atoms with van der Waals surface area (Å²) in [5, 5.41) is 0. The molecule has 14 heavy (non-hydrogen) atoms. The van der Waals surface area contributed by atoms with Crippen LogP contribution in [-0.2, 0) is 4.74 Å². The van der Waals surface area contributed by atoms with Gasteiger partial charge in [0.1, 0.15) is 0 Å². The summed E-state index contributed by atoms with van der Waals surface area (Å²) in [4.78, 5) is 2.39. The van der Waals surface area contributed by atoms with Crippen LogP contribution in [0.4, 0.5) is 0 Å². The molecule has 0 atom stereocenters. The predicted molar refractivity (Wildman–Crippen MR) is 61.4 cm³/mol. The summed E-state index contributed by atoms with van der Waals surface area (Å²) in [6.07, 6.45) is 2.53. The van der Waals surface area contributed by atoms with Crippen LogP contribution in [0.5, 0.6) is 0 Å². The summed E-state index contributed by atoms with van der Waals surface area (Å²) in [7, 11) is 1.75. The molecule has 0 bridgehead atoms. The number of nitrogens with zero attached hydrogens (tertiary/aromatic N) is 1. The van der Waals surface area contributed by atoms with E-state index in [0.717, 1.165) is 32.0 Å². The summed E-state index contributed by atoms with van der Waals surface area (Å²) in [6.45, 7) is 9.75. The van der Waals surface area contributed by atoms with E-state index in [2.05, 4.69) is 18.7 Å². The van der Waals surface area contributed by atoms with E-state index >= 15 is 0 Å². The Bertz CT molecular complexity index is 114. The first kappa shape index (κ1) is 13.9. The molecule has 1 aliphatic heterocycles. The normalized spacial score (nSPS) is 16.1. The van der Waals surface area contributed by atoms with Crippen LogP contribution in [0.2, 0.25) is 0 Å². The number of methoxy groups -OCH3 is 1. The van der Waals surface area contributed by atoms with Crippen molar-refractivity contribution >= 4 is 0 Å². The van der Waals surface area contributed by atoms with Gasteiger partial charge in [-0.15, -0.1) is 0 Å². The first-order chi connectivity index (χ1) is 6.70. The molecule has 0 aromatic heterocycles. The number of ether oxygens (including phenoxy) is 1. The van der Waals surface area contributed by atoms with Crippen LogP contribution >= 0.6 is 0 Å². The molecule has 86 valence electrons. The predicted octanol–water partition coefficient (Wildman–Crippen LogP) is 1.33. The van der Waals surface area contributed by atoms with E-state index in [4.69, 9.17) is 10.5 Å². The fourth-order valence-electron chi connectivity index (χ4n) is 1.16. The van der Waals surface area contributed by atoms with Gasteiger partial charge in [-0.05, 0) is 38.4 Å². The maximum Gasteiger partial charge on any atom is 0.0589 e. The van der Waals surface area contributed by atoms with Crippen molar-refractivity contribution in [1.82, 2.24) is 4.90 Å². The summed E-state index contributed by atoms with van der Waals surface area (Å²) < 4.78 is 4.91. The first-order valence-electron chi connectivity index (χ1n) is 5.62. The van der Waals surface area contributed by atoms with Crippen LogP contribution in [0, 0.1) is 5.92 Å². The molecule has 3 nitrogen and oxygen atoms in total. The molecule has 0 saturated carbocycles. The van der Waals surface area contributed by atoms with Crippen LogP contribution in [0.3, 0.4) is 0 Å². The van der Waals surface area contributed by atoms with Crippen LogP contribution < -0.4 is 5.73 Å². The van der Waals surface area contributed by atoms with Gasteiger partial charge >= 0.3 is 0 Å². The first-order valence-corrected chi connectivity index (χ1v) is 5.62. The third-order valence-corrected chi connectivity index (χ3v) is 2.30. The zero-order chi connectivity index (χ0) is 10.8. The Morgan fingerprint density at radius 1 is 1.36 bits per heavy atom. The molecule has 1 saturated heterocycles. The molecule has 2 N–H and O–H groups in total. The maximum absolute atomic E-state index is 5.23.